The normalized spacial score (nSPS) is 12.5. The number of hydrogen-bond acceptors (Lipinski definition) is 3. The minimum absolute atomic E-state index is 0.402. The minimum Gasteiger partial charge on any atom is -0.382 e. The minimum atomic E-state index is 0.402. The first-order valence-electron chi connectivity index (χ1n) is 6.87. The van der Waals surface area contributed by atoms with Gasteiger partial charge in [-0.1, -0.05) is 24.3 Å². The summed E-state index contributed by atoms with van der Waals surface area (Å²) in [7, 11) is 0. The van der Waals surface area contributed by atoms with Crippen molar-refractivity contribution in [1.29, 1.82) is 0 Å². The predicted octanol–water partition coefficient (Wildman–Crippen LogP) is 4.65. The number of anilines is 1. The average molecular weight is 282 g/mol. The Morgan fingerprint density at radius 1 is 1.20 bits per heavy atom. The molecule has 0 amide bonds. The third-order valence-corrected chi connectivity index (χ3v) is 4.23. The Morgan fingerprint density at radius 2 is 2.05 bits per heavy atom. The maximum atomic E-state index is 4.58. The molecular weight excluding hydrogens is 264 g/mol. The van der Waals surface area contributed by atoms with Gasteiger partial charge in [0.1, 0.15) is 0 Å². The van der Waals surface area contributed by atoms with Gasteiger partial charge in [0.2, 0.25) is 0 Å². The average Bonchev–Trinajstić information content (AvgIpc) is 2.91. The van der Waals surface area contributed by atoms with Crippen molar-refractivity contribution >= 4 is 27.9 Å². The lowest BCUT2D eigenvalue weighted by Crippen LogP contribution is -2.17. The summed E-state index contributed by atoms with van der Waals surface area (Å²) in [5.41, 5.74) is 3.28. The summed E-state index contributed by atoms with van der Waals surface area (Å²) in [6, 6.07) is 15.1. The topological polar surface area (TPSA) is 24.9 Å². The van der Waals surface area contributed by atoms with Crippen LogP contribution in [0.1, 0.15) is 17.5 Å². The zero-order valence-electron chi connectivity index (χ0n) is 11.8. The molecule has 1 N–H and O–H groups in total. The van der Waals surface area contributed by atoms with Gasteiger partial charge in [-0.3, -0.25) is 4.98 Å². The fourth-order valence-corrected chi connectivity index (χ4v) is 3.31. The first-order valence-corrected chi connectivity index (χ1v) is 7.75. The van der Waals surface area contributed by atoms with Crippen molar-refractivity contribution in [3.8, 4) is 0 Å². The van der Waals surface area contributed by atoms with Crippen LogP contribution in [0.25, 0.3) is 10.9 Å². The smallest absolute Gasteiger partial charge is 0.0725 e. The third-order valence-electron chi connectivity index (χ3n) is 3.33. The molecule has 0 saturated heterocycles. The highest BCUT2D eigenvalue weighted by Crippen LogP contribution is 2.24. The van der Waals surface area contributed by atoms with Crippen molar-refractivity contribution in [1.82, 2.24) is 4.98 Å². The molecule has 3 heteroatoms. The highest BCUT2D eigenvalue weighted by molar-refractivity contribution is 7.09. The van der Waals surface area contributed by atoms with Crippen molar-refractivity contribution in [3.05, 3.63) is 58.4 Å². The molecule has 3 aromatic rings. The number of hydrogen-bond donors (Lipinski definition) is 1. The first kappa shape index (κ1) is 13.1. The molecule has 2 nitrogen and oxygen atoms in total. The van der Waals surface area contributed by atoms with Gasteiger partial charge in [0, 0.05) is 34.1 Å². The highest BCUT2D eigenvalue weighted by Gasteiger charge is 2.08. The Hall–Kier alpha value is -1.87. The van der Waals surface area contributed by atoms with E-state index in [0.717, 1.165) is 17.6 Å². The number of aromatic nitrogens is 1. The summed E-state index contributed by atoms with van der Waals surface area (Å²) in [5, 5.41) is 6.95. The first-order chi connectivity index (χ1) is 9.72. The van der Waals surface area contributed by atoms with E-state index in [9.17, 15) is 0 Å². The van der Waals surface area contributed by atoms with Gasteiger partial charge in [-0.25, -0.2) is 0 Å². The van der Waals surface area contributed by atoms with Gasteiger partial charge < -0.3 is 5.32 Å². The quantitative estimate of drug-likeness (QED) is 0.753. The maximum Gasteiger partial charge on any atom is 0.0725 e. The van der Waals surface area contributed by atoms with Crippen molar-refractivity contribution in [2.75, 3.05) is 5.32 Å². The summed E-state index contributed by atoms with van der Waals surface area (Å²) in [6.45, 7) is 4.27. The van der Waals surface area contributed by atoms with Gasteiger partial charge in [-0.05, 0) is 37.4 Å². The number of thiophene rings is 1. The van der Waals surface area contributed by atoms with Gasteiger partial charge in [0.25, 0.3) is 0 Å². The molecule has 0 saturated carbocycles. The number of fused-ring (bicyclic) bond motifs is 1. The van der Waals surface area contributed by atoms with Crippen molar-refractivity contribution in [2.24, 2.45) is 0 Å². The second-order valence-corrected chi connectivity index (χ2v) is 6.19. The Labute approximate surface area is 123 Å². The van der Waals surface area contributed by atoms with Gasteiger partial charge >= 0.3 is 0 Å². The fourth-order valence-electron chi connectivity index (χ4n) is 2.47. The van der Waals surface area contributed by atoms with Crippen LogP contribution in [0.3, 0.4) is 0 Å². The maximum absolute atomic E-state index is 4.58. The standard InChI is InChI=1S/C17H18N2S/c1-12(10-14-6-5-9-20-14)19-17-11-13(2)18-16-8-4-3-7-15(16)17/h3-9,11-12H,10H2,1-2H3,(H,18,19). The molecule has 102 valence electrons. The zero-order valence-corrected chi connectivity index (χ0v) is 12.6. The van der Waals surface area contributed by atoms with E-state index in [-0.39, 0.29) is 0 Å². The fraction of sp³-hybridized carbons (Fsp3) is 0.235. The second kappa shape index (κ2) is 5.63. The van der Waals surface area contributed by atoms with Gasteiger partial charge in [0.15, 0.2) is 0 Å². The summed E-state index contributed by atoms with van der Waals surface area (Å²) in [4.78, 5) is 6.00. The molecule has 0 aliphatic heterocycles. The van der Waals surface area contributed by atoms with Crippen LogP contribution in [0.15, 0.2) is 47.8 Å². The van der Waals surface area contributed by atoms with E-state index in [1.165, 1.54) is 16.0 Å². The number of nitrogens with zero attached hydrogens (tertiary/aromatic N) is 1. The molecule has 0 aliphatic carbocycles. The monoisotopic (exact) mass is 282 g/mol. The number of para-hydroxylation sites is 1. The molecule has 0 spiro atoms. The molecule has 0 aliphatic rings. The van der Waals surface area contributed by atoms with Crippen molar-refractivity contribution in [3.63, 3.8) is 0 Å². The molecule has 0 fully saturated rings. The molecular formula is C17H18N2S. The molecule has 3 rings (SSSR count). The van der Waals surface area contributed by atoms with Crippen molar-refractivity contribution in [2.45, 2.75) is 26.3 Å². The summed E-state index contributed by atoms with van der Waals surface area (Å²) >= 11 is 1.82. The third kappa shape index (κ3) is 2.83. The molecule has 20 heavy (non-hydrogen) atoms. The molecule has 1 unspecified atom stereocenters. The number of rotatable bonds is 4. The van der Waals surface area contributed by atoms with E-state index in [0.29, 0.717) is 6.04 Å². The Morgan fingerprint density at radius 3 is 2.85 bits per heavy atom. The highest BCUT2D eigenvalue weighted by atomic mass is 32.1. The van der Waals surface area contributed by atoms with Crippen LogP contribution < -0.4 is 5.32 Å². The molecule has 0 bridgehead atoms. The Kier molecular flexibility index (Phi) is 3.70. The number of pyridine rings is 1. The van der Waals surface area contributed by atoms with E-state index in [4.69, 9.17) is 0 Å². The molecule has 1 aromatic carbocycles. The van der Waals surface area contributed by atoms with Gasteiger partial charge in [-0.2, -0.15) is 0 Å². The van der Waals surface area contributed by atoms with Crippen LogP contribution in [0, 0.1) is 6.92 Å². The van der Waals surface area contributed by atoms with E-state index in [1.807, 2.05) is 24.3 Å². The second-order valence-electron chi connectivity index (χ2n) is 5.16. The van der Waals surface area contributed by atoms with E-state index in [2.05, 4.69) is 59.0 Å². The Bertz CT molecular complexity index is 704. The van der Waals surface area contributed by atoms with Gasteiger partial charge in [-0.15, -0.1) is 11.3 Å². The molecule has 0 radical (unpaired) electrons. The van der Waals surface area contributed by atoms with E-state index in [1.54, 1.807) is 0 Å². The summed E-state index contributed by atoms with van der Waals surface area (Å²) < 4.78 is 0. The van der Waals surface area contributed by atoms with E-state index < -0.39 is 0 Å². The van der Waals surface area contributed by atoms with Crippen LogP contribution in [0.2, 0.25) is 0 Å². The molecule has 2 aromatic heterocycles. The lowest BCUT2D eigenvalue weighted by Gasteiger charge is -2.16. The Balaban J connectivity index is 1.86. The number of aryl methyl sites for hydroxylation is 1. The van der Waals surface area contributed by atoms with Gasteiger partial charge in [0.05, 0.1) is 5.52 Å². The molecule has 2 heterocycles. The summed E-state index contributed by atoms with van der Waals surface area (Å²) in [5.74, 6) is 0. The largest absolute Gasteiger partial charge is 0.382 e. The van der Waals surface area contributed by atoms with Crippen LogP contribution in [-0.2, 0) is 6.42 Å². The zero-order chi connectivity index (χ0) is 13.9. The predicted molar refractivity (Wildman–Crippen MR) is 87.6 cm³/mol. The van der Waals surface area contributed by atoms with Crippen LogP contribution >= 0.6 is 11.3 Å². The van der Waals surface area contributed by atoms with Crippen LogP contribution in [0.5, 0.6) is 0 Å². The summed E-state index contributed by atoms with van der Waals surface area (Å²) in [6.07, 6.45) is 1.05. The lowest BCUT2D eigenvalue weighted by atomic mass is 10.1. The SMILES string of the molecule is Cc1cc(NC(C)Cc2cccs2)c2ccccc2n1. The van der Waals surface area contributed by atoms with Crippen LogP contribution in [0.4, 0.5) is 5.69 Å². The molecule has 1 atom stereocenters. The lowest BCUT2D eigenvalue weighted by molar-refractivity contribution is 0.801. The van der Waals surface area contributed by atoms with Crippen molar-refractivity contribution < 1.29 is 0 Å². The number of benzene rings is 1. The number of nitrogens with one attached hydrogen (secondary N) is 1. The van der Waals surface area contributed by atoms with Crippen LogP contribution in [-0.4, -0.2) is 11.0 Å². The van der Waals surface area contributed by atoms with E-state index >= 15 is 0 Å².